The van der Waals surface area contributed by atoms with Crippen LogP contribution in [0.1, 0.15) is 52.8 Å². The molecule has 98 valence electrons. The van der Waals surface area contributed by atoms with Gasteiger partial charge in [0.1, 0.15) is 5.78 Å². The summed E-state index contributed by atoms with van der Waals surface area (Å²) in [5.41, 5.74) is 0.978. The van der Waals surface area contributed by atoms with E-state index >= 15 is 0 Å². The summed E-state index contributed by atoms with van der Waals surface area (Å²) in [5, 5.41) is 0. The Morgan fingerprint density at radius 1 is 0.895 bits per heavy atom. The van der Waals surface area contributed by atoms with E-state index in [0.29, 0.717) is 30.4 Å². The van der Waals surface area contributed by atoms with Crippen molar-refractivity contribution < 1.29 is 14.4 Å². The molecule has 1 aromatic rings. The summed E-state index contributed by atoms with van der Waals surface area (Å²) in [7, 11) is 0. The van der Waals surface area contributed by atoms with Crippen LogP contribution in [0.3, 0.4) is 0 Å². The van der Waals surface area contributed by atoms with Gasteiger partial charge in [-0.15, -0.1) is 0 Å². The fourth-order valence-electron chi connectivity index (χ4n) is 2.93. The number of benzene rings is 1. The van der Waals surface area contributed by atoms with E-state index in [1.165, 1.54) is 4.90 Å². The number of nitrogens with zero attached hydrogens (tertiary/aromatic N) is 1. The van der Waals surface area contributed by atoms with Gasteiger partial charge >= 0.3 is 0 Å². The van der Waals surface area contributed by atoms with E-state index in [-0.39, 0.29) is 23.6 Å². The molecular formula is C15H15NO3. The van der Waals surface area contributed by atoms with Crippen molar-refractivity contribution in [3.8, 4) is 0 Å². The van der Waals surface area contributed by atoms with Crippen molar-refractivity contribution in [2.75, 3.05) is 0 Å². The van der Waals surface area contributed by atoms with Crippen LogP contribution < -0.4 is 0 Å². The van der Waals surface area contributed by atoms with Crippen molar-refractivity contribution in [2.24, 2.45) is 0 Å². The molecule has 1 aliphatic heterocycles. The van der Waals surface area contributed by atoms with Crippen molar-refractivity contribution >= 4 is 17.6 Å². The van der Waals surface area contributed by atoms with E-state index in [9.17, 15) is 14.4 Å². The standard InChI is InChI=1S/C15H15NO3/c17-11-5-3-4-10(8-9-11)16-14(18)12-6-1-2-7-13(12)15(16)19/h1-2,6-7,10H,3-5,8-9H2. The normalized spacial score (nSPS) is 23.5. The highest BCUT2D eigenvalue weighted by Gasteiger charge is 2.39. The molecule has 3 rings (SSSR count). The van der Waals surface area contributed by atoms with Crippen molar-refractivity contribution in [1.29, 1.82) is 0 Å². The Labute approximate surface area is 111 Å². The Balaban J connectivity index is 1.89. The van der Waals surface area contributed by atoms with Gasteiger partial charge in [-0.1, -0.05) is 12.1 Å². The molecule has 4 heteroatoms. The van der Waals surface area contributed by atoms with Crippen LogP contribution in [0.5, 0.6) is 0 Å². The largest absolute Gasteiger partial charge is 0.300 e. The zero-order valence-corrected chi connectivity index (χ0v) is 10.6. The number of ketones is 1. The molecule has 1 unspecified atom stereocenters. The number of hydrogen-bond donors (Lipinski definition) is 0. The van der Waals surface area contributed by atoms with Gasteiger partial charge in [-0.2, -0.15) is 0 Å². The molecule has 2 aliphatic rings. The Bertz CT molecular complexity index is 529. The lowest BCUT2D eigenvalue weighted by atomic mass is 10.1. The second-order valence-electron chi connectivity index (χ2n) is 5.15. The molecule has 0 aromatic heterocycles. The first-order valence-corrected chi connectivity index (χ1v) is 6.67. The van der Waals surface area contributed by atoms with E-state index in [2.05, 4.69) is 0 Å². The summed E-state index contributed by atoms with van der Waals surface area (Å²) in [6, 6.07) is 6.79. The molecule has 19 heavy (non-hydrogen) atoms. The predicted molar refractivity (Wildman–Crippen MR) is 68.8 cm³/mol. The Morgan fingerprint density at radius 3 is 2.16 bits per heavy atom. The van der Waals surface area contributed by atoms with Crippen LogP contribution in [-0.2, 0) is 4.79 Å². The summed E-state index contributed by atoms with van der Waals surface area (Å²) in [6.45, 7) is 0. The maximum Gasteiger partial charge on any atom is 0.261 e. The van der Waals surface area contributed by atoms with E-state index in [0.717, 1.165) is 12.8 Å². The van der Waals surface area contributed by atoms with Crippen LogP contribution >= 0.6 is 0 Å². The van der Waals surface area contributed by atoms with Gasteiger partial charge in [0, 0.05) is 18.9 Å². The lowest BCUT2D eigenvalue weighted by molar-refractivity contribution is -0.119. The van der Waals surface area contributed by atoms with Gasteiger partial charge in [-0.05, 0) is 31.4 Å². The van der Waals surface area contributed by atoms with Crippen LogP contribution in [0.15, 0.2) is 24.3 Å². The SMILES string of the molecule is O=C1CCCC(N2C(=O)c3ccccc3C2=O)CC1. The van der Waals surface area contributed by atoms with Crippen molar-refractivity contribution in [2.45, 2.75) is 38.1 Å². The van der Waals surface area contributed by atoms with Gasteiger partial charge < -0.3 is 0 Å². The quantitative estimate of drug-likeness (QED) is 0.572. The highest BCUT2D eigenvalue weighted by molar-refractivity contribution is 6.21. The van der Waals surface area contributed by atoms with Crippen molar-refractivity contribution in [3.63, 3.8) is 0 Å². The van der Waals surface area contributed by atoms with Gasteiger partial charge in [0.2, 0.25) is 0 Å². The average molecular weight is 257 g/mol. The molecule has 1 heterocycles. The molecule has 2 amide bonds. The van der Waals surface area contributed by atoms with E-state index in [1.807, 2.05) is 0 Å². The topological polar surface area (TPSA) is 54.5 Å². The van der Waals surface area contributed by atoms with Crippen LogP contribution in [0.4, 0.5) is 0 Å². The molecular weight excluding hydrogens is 242 g/mol. The van der Waals surface area contributed by atoms with E-state index in [4.69, 9.17) is 0 Å². The van der Waals surface area contributed by atoms with E-state index in [1.54, 1.807) is 24.3 Å². The summed E-state index contributed by atoms with van der Waals surface area (Å²) in [4.78, 5) is 37.4. The molecule has 1 atom stereocenters. The first-order chi connectivity index (χ1) is 9.18. The number of carbonyl (C=O) groups excluding carboxylic acids is 3. The molecule has 4 nitrogen and oxygen atoms in total. The monoisotopic (exact) mass is 257 g/mol. The Hall–Kier alpha value is -1.97. The molecule has 0 radical (unpaired) electrons. The number of fused-ring (bicyclic) bond motifs is 1. The maximum atomic E-state index is 12.3. The van der Waals surface area contributed by atoms with Crippen molar-refractivity contribution in [3.05, 3.63) is 35.4 Å². The summed E-state index contributed by atoms with van der Waals surface area (Å²) >= 11 is 0. The third-order valence-electron chi connectivity index (χ3n) is 3.94. The van der Waals surface area contributed by atoms with Crippen LogP contribution in [0, 0.1) is 0 Å². The predicted octanol–water partition coefficient (Wildman–Crippen LogP) is 2.18. The number of imide groups is 1. The molecule has 0 bridgehead atoms. The summed E-state index contributed by atoms with van der Waals surface area (Å²) in [5.74, 6) is -0.181. The highest BCUT2D eigenvalue weighted by atomic mass is 16.2. The van der Waals surface area contributed by atoms with Crippen LogP contribution in [0.2, 0.25) is 0 Å². The fraction of sp³-hybridized carbons (Fsp3) is 0.400. The minimum absolute atomic E-state index is 0.126. The number of amides is 2. The number of hydrogen-bond acceptors (Lipinski definition) is 3. The Kier molecular flexibility index (Phi) is 2.93. The first kappa shape index (κ1) is 12.1. The highest BCUT2D eigenvalue weighted by Crippen LogP contribution is 2.29. The van der Waals surface area contributed by atoms with Gasteiger partial charge in [0.05, 0.1) is 11.1 Å². The average Bonchev–Trinajstić information content (AvgIpc) is 2.57. The van der Waals surface area contributed by atoms with Gasteiger partial charge in [-0.3, -0.25) is 19.3 Å². The third-order valence-corrected chi connectivity index (χ3v) is 3.94. The molecule has 0 spiro atoms. The van der Waals surface area contributed by atoms with Gasteiger partial charge in [0.25, 0.3) is 11.8 Å². The number of carbonyl (C=O) groups is 3. The molecule has 1 aliphatic carbocycles. The third kappa shape index (κ3) is 1.97. The minimum atomic E-state index is -0.208. The zero-order chi connectivity index (χ0) is 13.4. The fourth-order valence-corrected chi connectivity index (χ4v) is 2.93. The number of rotatable bonds is 1. The smallest absolute Gasteiger partial charge is 0.261 e. The zero-order valence-electron chi connectivity index (χ0n) is 10.6. The van der Waals surface area contributed by atoms with Crippen LogP contribution in [-0.4, -0.2) is 28.5 Å². The molecule has 1 aromatic carbocycles. The number of Topliss-reactive ketones (excluding diaryl/α,β-unsaturated/α-hetero) is 1. The van der Waals surface area contributed by atoms with Gasteiger partial charge in [0.15, 0.2) is 0 Å². The molecule has 1 fully saturated rings. The molecule has 0 N–H and O–H groups in total. The summed E-state index contributed by atoms with van der Waals surface area (Å²) < 4.78 is 0. The lowest BCUT2D eigenvalue weighted by Crippen LogP contribution is -2.39. The van der Waals surface area contributed by atoms with Gasteiger partial charge in [-0.25, -0.2) is 0 Å². The maximum absolute atomic E-state index is 12.3. The molecule has 1 saturated carbocycles. The summed E-state index contributed by atoms with van der Waals surface area (Å²) in [6.07, 6.45) is 3.14. The van der Waals surface area contributed by atoms with Crippen molar-refractivity contribution in [1.82, 2.24) is 4.90 Å². The second kappa shape index (κ2) is 4.61. The second-order valence-corrected chi connectivity index (χ2v) is 5.15. The van der Waals surface area contributed by atoms with E-state index < -0.39 is 0 Å². The molecule has 0 saturated heterocycles. The minimum Gasteiger partial charge on any atom is -0.300 e. The Morgan fingerprint density at radius 2 is 1.53 bits per heavy atom. The first-order valence-electron chi connectivity index (χ1n) is 6.67. The lowest BCUT2D eigenvalue weighted by Gasteiger charge is -2.24. The van der Waals surface area contributed by atoms with Crippen LogP contribution in [0.25, 0.3) is 0 Å².